The maximum absolute atomic E-state index is 13.7. The van der Waals surface area contributed by atoms with Crippen LogP contribution in [0.4, 0.5) is 8.78 Å². The maximum atomic E-state index is 13.7. The molecule has 0 spiro atoms. The molecule has 0 aromatic carbocycles. The summed E-state index contributed by atoms with van der Waals surface area (Å²) < 4.78 is 32.4. The summed E-state index contributed by atoms with van der Waals surface area (Å²) >= 11 is 0. The van der Waals surface area contributed by atoms with Crippen molar-refractivity contribution in [3.63, 3.8) is 0 Å². The number of amides is 2. The predicted molar refractivity (Wildman–Crippen MR) is 90.1 cm³/mol. The van der Waals surface area contributed by atoms with E-state index in [-0.39, 0.29) is 18.4 Å². The number of allylic oxidation sites excluding steroid dienone is 5. The molecule has 2 rings (SSSR count). The summed E-state index contributed by atoms with van der Waals surface area (Å²) in [6.45, 7) is 5.65. The van der Waals surface area contributed by atoms with E-state index in [0.717, 1.165) is 6.08 Å². The standard InChI is InChI=1S/C18H24F2N2O3/c1-18(2,3)25-10-16(23)22-15-8-12(9-21-17(15)24)11-5-4-6-13(19)14(20)7-11/h4-7,12,14-15H,8-10H2,1-3H3,(H,21,24)(H,22,23). The topological polar surface area (TPSA) is 67.4 Å². The van der Waals surface area contributed by atoms with Crippen LogP contribution in [0.25, 0.3) is 0 Å². The molecule has 7 heteroatoms. The summed E-state index contributed by atoms with van der Waals surface area (Å²) in [5.74, 6) is -1.74. The van der Waals surface area contributed by atoms with E-state index in [2.05, 4.69) is 10.6 Å². The maximum Gasteiger partial charge on any atom is 0.246 e. The molecule has 138 valence electrons. The highest BCUT2D eigenvalue weighted by molar-refractivity contribution is 5.88. The molecule has 25 heavy (non-hydrogen) atoms. The first-order chi connectivity index (χ1) is 11.7. The van der Waals surface area contributed by atoms with Crippen LogP contribution < -0.4 is 10.6 Å². The van der Waals surface area contributed by atoms with Crippen molar-refractivity contribution in [1.29, 1.82) is 0 Å². The highest BCUT2D eigenvalue weighted by Crippen LogP contribution is 2.26. The van der Waals surface area contributed by atoms with Gasteiger partial charge < -0.3 is 15.4 Å². The van der Waals surface area contributed by atoms with Gasteiger partial charge in [-0.3, -0.25) is 9.59 Å². The minimum atomic E-state index is -1.80. The fourth-order valence-electron chi connectivity index (χ4n) is 2.64. The van der Waals surface area contributed by atoms with Crippen molar-refractivity contribution in [1.82, 2.24) is 10.6 Å². The van der Waals surface area contributed by atoms with Crippen molar-refractivity contribution in [3.8, 4) is 0 Å². The Balaban J connectivity index is 1.98. The molecular formula is C18H24F2N2O3. The number of hydrogen-bond donors (Lipinski definition) is 2. The molecule has 1 saturated heterocycles. The molecule has 0 aromatic rings. The van der Waals surface area contributed by atoms with Crippen molar-refractivity contribution < 1.29 is 23.1 Å². The number of alkyl halides is 1. The molecule has 2 N–H and O–H groups in total. The number of rotatable bonds is 4. The Bertz CT molecular complexity index is 620. The van der Waals surface area contributed by atoms with Gasteiger partial charge in [0.1, 0.15) is 18.5 Å². The second-order valence-corrected chi connectivity index (χ2v) is 7.18. The van der Waals surface area contributed by atoms with Crippen LogP contribution in [0.3, 0.4) is 0 Å². The fraction of sp³-hybridized carbons (Fsp3) is 0.556. The van der Waals surface area contributed by atoms with Crippen LogP contribution in [0.15, 0.2) is 35.7 Å². The quantitative estimate of drug-likeness (QED) is 0.813. The van der Waals surface area contributed by atoms with Gasteiger partial charge in [0.25, 0.3) is 0 Å². The number of piperidine rings is 1. The molecule has 2 aliphatic rings. The van der Waals surface area contributed by atoms with Crippen LogP contribution in [0.1, 0.15) is 27.2 Å². The second kappa shape index (κ2) is 7.91. The minimum Gasteiger partial charge on any atom is -0.366 e. The summed E-state index contributed by atoms with van der Waals surface area (Å²) in [6, 6.07) is -0.733. The average molecular weight is 354 g/mol. The van der Waals surface area contributed by atoms with Crippen molar-refractivity contribution in [2.45, 2.75) is 45.0 Å². The number of nitrogens with one attached hydrogen (secondary N) is 2. The normalized spacial score (nSPS) is 27.1. The Morgan fingerprint density at radius 3 is 2.84 bits per heavy atom. The van der Waals surface area contributed by atoms with Gasteiger partial charge in [0.2, 0.25) is 11.8 Å². The van der Waals surface area contributed by atoms with E-state index in [4.69, 9.17) is 4.74 Å². The van der Waals surface area contributed by atoms with Gasteiger partial charge in [0, 0.05) is 12.5 Å². The second-order valence-electron chi connectivity index (χ2n) is 7.18. The summed E-state index contributed by atoms with van der Waals surface area (Å²) in [6.07, 6.45) is 3.89. The predicted octanol–water partition coefficient (Wildman–Crippen LogP) is 2.11. The first-order valence-electron chi connectivity index (χ1n) is 8.26. The summed E-state index contributed by atoms with van der Waals surface area (Å²) in [5, 5.41) is 5.34. The molecule has 0 saturated carbocycles. The lowest BCUT2D eigenvalue weighted by atomic mass is 9.87. The Labute approximate surface area is 146 Å². The summed E-state index contributed by atoms with van der Waals surface area (Å²) in [7, 11) is 0. The first-order valence-corrected chi connectivity index (χ1v) is 8.26. The molecule has 2 amide bonds. The first kappa shape index (κ1) is 19.3. The van der Waals surface area contributed by atoms with Crippen LogP contribution in [0.5, 0.6) is 0 Å². The lowest BCUT2D eigenvalue weighted by molar-refractivity contribution is -0.135. The number of halogens is 2. The van der Waals surface area contributed by atoms with Gasteiger partial charge >= 0.3 is 0 Å². The van der Waals surface area contributed by atoms with Crippen LogP contribution in [-0.4, -0.2) is 42.8 Å². The van der Waals surface area contributed by atoms with Crippen molar-refractivity contribution >= 4 is 11.8 Å². The Morgan fingerprint density at radius 1 is 1.44 bits per heavy atom. The minimum absolute atomic E-state index is 0.151. The molecule has 3 atom stereocenters. The van der Waals surface area contributed by atoms with Gasteiger partial charge in [-0.15, -0.1) is 0 Å². The number of carbonyl (C=O) groups is 2. The third-order valence-corrected chi connectivity index (χ3v) is 3.95. The zero-order valence-corrected chi connectivity index (χ0v) is 14.6. The van der Waals surface area contributed by atoms with E-state index in [0.29, 0.717) is 18.5 Å². The van der Waals surface area contributed by atoms with Crippen LogP contribution in [-0.2, 0) is 14.3 Å². The molecule has 0 radical (unpaired) electrons. The third kappa shape index (κ3) is 5.77. The zero-order valence-electron chi connectivity index (χ0n) is 14.6. The molecule has 0 bridgehead atoms. The van der Waals surface area contributed by atoms with E-state index in [1.54, 1.807) is 6.08 Å². The molecule has 5 nitrogen and oxygen atoms in total. The van der Waals surface area contributed by atoms with E-state index in [9.17, 15) is 18.4 Å². The molecule has 1 fully saturated rings. The van der Waals surface area contributed by atoms with E-state index in [1.165, 1.54) is 12.2 Å². The summed E-state index contributed by atoms with van der Waals surface area (Å²) in [5.41, 5.74) is 0.138. The highest BCUT2D eigenvalue weighted by atomic mass is 19.2. The molecule has 1 aliphatic carbocycles. The van der Waals surface area contributed by atoms with Crippen LogP contribution in [0, 0.1) is 5.92 Å². The Morgan fingerprint density at radius 2 is 2.16 bits per heavy atom. The van der Waals surface area contributed by atoms with Crippen LogP contribution in [0.2, 0.25) is 0 Å². The fourth-order valence-corrected chi connectivity index (χ4v) is 2.64. The highest BCUT2D eigenvalue weighted by Gasteiger charge is 2.32. The Hall–Kier alpha value is -2.02. The van der Waals surface area contributed by atoms with E-state index < -0.39 is 29.5 Å². The van der Waals surface area contributed by atoms with Gasteiger partial charge in [-0.1, -0.05) is 12.2 Å². The Kier molecular flexibility index (Phi) is 6.11. The monoisotopic (exact) mass is 354 g/mol. The number of hydrogen-bond acceptors (Lipinski definition) is 3. The molecule has 1 aliphatic heterocycles. The van der Waals surface area contributed by atoms with Crippen molar-refractivity contribution in [2.24, 2.45) is 5.92 Å². The van der Waals surface area contributed by atoms with Crippen molar-refractivity contribution in [3.05, 3.63) is 35.7 Å². The molecule has 0 aromatic heterocycles. The molecule has 1 heterocycles. The van der Waals surface area contributed by atoms with Crippen LogP contribution >= 0.6 is 0 Å². The van der Waals surface area contributed by atoms with Crippen molar-refractivity contribution in [2.75, 3.05) is 13.2 Å². The van der Waals surface area contributed by atoms with Gasteiger partial charge in [-0.2, -0.15) is 0 Å². The molecular weight excluding hydrogens is 330 g/mol. The molecule has 3 unspecified atom stereocenters. The number of carbonyl (C=O) groups excluding carboxylic acids is 2. The third-order valence-electron chi connectivity index (χ3n) is 3.95. The van der Waals surface area contributed by atoms with Gasteiger partial charge in [-0.25, -0.2) is 8.78 Å². The van der Waals surface area contributed by atoms with Gasteiger partial charge in [-0.05, 0) is 44.9 Å². The smallest absolute Gasteiger partial charge is 0.246 e. The van der Waals surface area contributed by atoms with Gasteiger partial charge in [0.15, 0.2) is 6.17 Å². The zero-order chi connectivity index (χ0) is 18.6. The van der Waals surface area contributed by atoms with E-state index in [1.807, 2.05) is 20.8 Å². The lowest BCUT2D eigenvalue weighted by Gasteiger charge is -2.31. The summed E-state index contributed by atoms with van der Waals surface area (Å²) in [4.78, 5) is 24.0. The lowest BCUT2D eigenvalue weighted by Crippen LogP contribution is -2.54. The SMILES string of the molecule is CC(C)(C)OCC(=O)NC1CC(C2=CC(F)C(F)=CC=C2)CNC1=O. The largest absolute Gasteiger partial charge is 0.366 e. The van der Waals surface area contributed by atoms with E-state index >= 15 is 0 Å². The van der Waals surface area contributed by atoms with Gasteiger partial charge in [0.05, 0.1) is 5.60 Å². The average Bonchev–Trinajstić information content (AvgIpc) is 2.69. The number of ether oxygens (including phenoxy) is 1.